The molecule has 0 amide bonds. The van der Waals surface area contributed by atoms with Crippen molar-refractivity contribution in [1.29, 1.82) is 0 Å². The van der Waals surface area contributed by atoms with Crippen molar-refractivity contribution in [1.82, 2.24) is 4.98 Å². The molecule has 2 N–H and O–H groups in total. The summed E-state index contributed by atoms with van der Waals surface area (Å²) in [6.07, 6.45) is 1.62. The summed E-state index contributed by atoms with van der Waals surface area (Å²) in [7, 11) is 0. The highest BCUT2D eigenvalue weighted by Crippen LogP contribution is 2.21. The predicted octanol–water partition coefficient (Wildman–Crippen LogP) is 3.25. The second-order valence-corrected chi connectivity index (χ2v) is 6.10. The van der Waals surface area contributed by atoms with Crippen LogP contribution in [0, 0.1) is 5.41 Å². The summed E-state index contributed by atoms with van der Waals surface area (Å²) in [6.45, 7) is 6.29. The van der Waals surface area contributed by atoms with Crippen molar-refractivity contribution >= 4 is 34.8 Å². The average molecular weight is 303 g/mol. The first-order valence-corrected chi connectivity index (χ1v) is 6.81. The first-order chi connectivity index (χ1) is 8.79. The summed E-state index contributed by atoms with van der Waals surface area (Å²) in [4.78, 5) is 4.04. The Balaban J connectivity index is 2.31. The number of nitrogens with one attached hydrogen (secondary N) is 1. The van der Waals surface area contributed by atoms with Crippen LogP contribution >= 0.6 is 23.8 Å². The SMILES string of the molecule is CC(C)(C)C(O)CCOC(=S)Nc1ccc(Cl)cn1. The molecule has 1 aromatic heterocycles. The zero-order chi connectivity index (χ0) is 14.5. The molecule has 0 aliphatic carbocycles. The molecule has 19 heavy (non-hydrogen) atoms. The van der Waals surface area contributed by atoms with Crippen molar-refractivity contribution in [2.24, 2.45) is 5.41 Å². The lowest BCUT2D eigenvalue weighted by Gasteiger charge is -2.25. The van der Waals surface area contributed by atoms with Gasteiger partial charge in [-0.3, -0.25) is 0 Å². The first-order valence-electron chi connectivity index (χ1n) is 6.02. The molecule has 4 nitrogen and oxygen atoms in total. The van der Waals surface area contributed by atoms with E-state index in [1.165, 1.54) is 6.20 Å². The fourth-order valence-electron chi connectivity index (χ4n) is 1.29. The number of halogens is 1. The van der Waals surface area contributed by atoms with Crippen LogP contribution in [-0.4, -0.2) is 28.0 Å². The van der Waals surface area contributed by atoms with Crippen LogP contribution in [0.25, 0.3) is 0 Å². The van der Waals surface area contributed by atoms with Gasteiger partial charge in [0.15, 0.2) is 0 Å². The summed E-state index contributed by atoms with van der Waals surface area (Å²) in [6, 6.07) is 3.42. The van der Waals surface area contributed by atoms with Crippen molar-refractivity contribution in [3.8, 4) is 0 Å². The van der Waals surface area contributed by atoms with Gasteiger partial charge in [0, 0.05) is 12.6 Å². The lowest BCUT2D eigenvalue weighted by atomic mass is 9.87. The zero-order valence-electron chi connectivity index (χ0n) is 11.3. The molecule has 0 aromatic carbocycles. The maximum atomic E-state index is 9.85. The average Bonchev–Trinajstić information content (AvgIpc) is 2.31. The molecule has 6 heteroatoms. The van der Waals surface area contributed by atoms with Gasteiger partial charge in [0.25, 0.3) is 5.17 Å². The Morgan fingerprint density at radius 3 is 2.74 bits per heavy atom. The Hall–Kier alpha value is -0.910. The highest BCUT2D eigenvalue weighted by molar-refractivity contribution is 7.80. The Bertz CT molecular complexity index is 418. The van der Waals surface area contributed by atoms with Gasteiger partial charge >= 0.3 is 0 Å². The van der Waals surface area contributed by atoms with E-state index in [9.17, 15) is 5.11 Å². The fourth-order valence-corrected chi connectivity index (χ4v) is 1.59. The second-order valence-electron chi connectivity index (χ2n) is 5.29. The number of pyridine rings is 1. The molecular weight excluding hydrogens is 284 g/mol. The van der Waals surface area contributed by atoms with Gasteiger partial charge in [-0.05, 0) is 29.8 Å². The number of ether oxygens (including phenoxy) is 1. The smallest absolute Gasteiger partial charge is 0.262 e. The third-order valence-electron chi connectivity index (χ3n) is 2.58. The van der Waals surface area contributed by atoms with E-state index in [-0.39, 0.29) is 10.6 Å². The Kier molecular flexibility index (Phi) is 5.97. The van der Waals surface area contributed by atoms with Gasteiger partial charge in [0.2, 0.25) is 0 Å². The summed E-state index contributed by atoms with van der Waals surface area (Å²) in [5.41, 5.74) is -0.157. The largest absolute Gasteiger partial charge is 0.471 e. The van der Waals surface area contributed by atoms with Crippen LogP contribution in [0.5, 0.6) is 0 Å². The molecule has 1 unspecified atom stereocenters. The van der Waals surface area contributed by atoms with Gasteiger partial charge in [-0.2, -0.15) is 0 Å². The molecule has 0 fully saturated rings. The lowest BCUT2D eigenvalue weighted by molar-refractivity contribution is 0.0426. The van der Waals surface area contributed by atoms with Crippen LogP contribution in [0.4, 0.5) is 5.82 Å². The molecule has 0 saturated heterocycles. The molecule has 0 aliphatic heterocycles. The molecule has 1 heterocycles. The summed E-state index contributed by atoms with van der Waals surface area (Å²) >= 11 is 10.8. The number of anilines is 1. The summed E-state index contributed by atoms with van der Waals surface area (Å²) < 4.78 is 5.33. The predicted molar refractivity (Wildman–Crippen MR) is 81.5 cm³/mol. The molecule has 0 radical (unpaired) electrons. The number of aliphatic hydroxyl groups excluding tert-OH is 1. The topological polar surface area (TPSA) is 54.4 Å². The monoisotopic (exact) mass is 302 g/mol. The van der Waals surface area contributed by atoms with E-state index in [1.54, 1.807) is 12.1 Å². The number of hydrogen-bond acceptors (Lipinski definition) is 4. The normalized spacial score (nSPS) is 12.9. The van der Waals surface area contributed by atoms with Crippen LogP contribution in [0.1, 0.15) is 27.2 Å². The van der Waals surface area contributed by atoms with Gasteiger partial charge in [0.05, 0.1) is 17.7 Å². The van der Waals surface area contributed by atoms with Crippen LogP contribution in [0.3, 0.4) is 0 Å². The maximum Gasteiger partial charge on any atom is 0.262 e. The van der Waals surface area contributed by atoms with Crippen LogP contribution in [0.2, 0.25) is 5.02 Å². The number of aliphatic hydroxyl groups is 1. The van der Waals surface area contributed by atoms with E-state index in [1.807, 2.05) is 20.8 Å². The third-order valence-corrected chi connectivity index (χ3v) is 3.03. The van der Waals surface area contributed by atoms with Gasteiger partial charge in [-0.25, -0.2) is 4.98 Å². The zero-order valence-corrected chi connectivity index (χ0v) is 12.9. The van der Waals surface area contributed by atoms with Gasteiger partial charge in [-0.15, -0.1) is 0 Å². The van der Waals surface area contributed by atoms with Gasteiger partial charge in [0.1, 0.15) is 5.82 Å². The first kappa shape index (κ1) is 16.1. The minimum Gasteiger partial charge on any atom is -0.471 e. The number of hydrogen-bond donors (Lipinski definition) is 2. The Morgan fingerprint density at radius 1 is 1.53 bits per heavy atom. The molecule has 106 valence electrons. The number of nitrogens with zero attached hydrogens (tertiary/aromatic N) is 1. The van der Waals surface area contributed by atoms with Crippen molar-refractivity contribution < 1.29 is 9.84 Å². The van der Waals surface area contributed by atoms with Crippen LogP contribution in [0.15, 0.2) is 18.3 Å². The van der Waals surface area contributed by atoms with Crippen LogP contribution in [-0.2, 0) is 4.74 Å². The molecule has 0 spiro atoms. The second kappa shape index (κ2) is 7.03. The molecular formula is C13H19ClN2O2S. The maximum absolute atomic E-state index is 9.85. The lowest BCUT2D eigenvalue weighted by Crippen LogP contribution is -2.28. The van der Waals surface area contributed by atoms with E-state index < -0.39 is 6.10 Å². The molecule has 1 rings (SSSR count). The standard InChI is InChI=1S/C13H19ClN2O2S/c1-13(2,3)10(17)6-7-18-12(19)16-11-5-4-9(14)8-15-11/h4-5,8,10,17H,6-7H2,1-3H3,(H,15,16,19). The Labute approximate surface area is 124 Å². The summed E-state index contributed by atoms with van der Waals surface area (Å²) in [5, 5.41) is 13.5. The van der Waals surface area contributed by atoms with Gasteiger partial charge < -0.3 is 15.2 Å². The molecule has 0 bridgehead atoms. The molecule has 1 aromatic rings. The highest BCUT2D eigenvalue weighted by Gasteiger charge is 2.21. The third kappa shape index (κ3) is 6.18. The molecule has 1 atom stereocenters. The van der Waals surface area contributed by atoms with Crippen LogP contribution < -0.4 is 5.32 Å². The van der Waals surface area contributed by atoms with Crippen molar-refractivity contribution in [3.05, 3.63) is 23.4 Å². The van der Waals surface area contributed by atoms with Gasteiger partial charge in [-0.1, -0.05) is 32.4 Å². The quantitative estimate of drug-likeness (QED) is 0.836. The minimum atomic E-state index is -0.427. The van der Waals surface area contributed by atoms with Crippen molar-refractivity contribution in [2.75, 3.05) is 11.9 Å². The van der Waals surface area contributed by atoms with Crippen molar-refractivity contribution in [3.63, 3.8) is 0 Å². The van der Waals surface area contributed by atoms with Crippen molar-refractivity contribution in [2.45, 2.75) is 33.3 Å². The van der Waals surface area contributed by atoms with E-state index in [0.29, 0.717) is 23.9 Å². The molecule has 0 saturated carbocycles. The minimum absolute atomic E-state index is 0.157. The van der Waals surface area contributed by atoms with E-state index in [0.717, 1.165) is 0 Å². The fraction of sp³-hybridized carbons (Fsp3) is 0.538. The molecule has 0 aliphatic rings. The number of rotatable bonds is 4. The highest BCUT2D eigenvalue weighted by atomic mass is 35.5. The van der Waals surface area contributed by atoms with E-state index >= 15 is 0 Å². The van der Waals surface area contributed by atoms with E-state index in [2.05, 4.69) is 10.3 Å². The van der Waals surface area contributed by atoms with E-state index in [4.69, 9.17) is 28.6 Å². The Morgan fingerprint density at radius 2 is 2.21 bits per heavy atom. The summed E-state index contributed by atoms with van der Waals surface area (Å²) in [5.74, 6) is 0.575. The number of aromatic nitrogens is 1. The number of thiocarbonyl (C=S) groups is 1.